The zero-order valence-corrected chi connectivity index (χ0v) is 10.4. The fraction of sp³-hybridized carbons (Fsp3) is 0.333. The van der Waals surface area contributed by atoms with Crippen LogP contribution in [0.1, 0.15) is 11.3 Å². The monoisotopic (exact) mass is 231 g/mol. The summed E-state index contributed by atoms with van der Waals surface area (Å²) in [4.78, 5) is 4.39. The highest BCUT2D eigenvalue weighted by Gasteiger charge is 2.03. The molecule has 0 bridgehead atoms. The van der Waals surface area contributed by atoms with Crippen molar-refractivity contribution in [3.05, 3.63) is 35.7 Å². The van der Waals surface area contributed by atoms with Gasteiger partial charge in [-0.1, -0.05) is 6.07 Å². The predicted octanol–water partition coefficient (Wildman–Crippen LogP) is 1.78. The van der Waals surface area contributed by atoms with Gasteiger partial charge in [-0.15, -0.1) is 0 Å². The molecule has 2 N–H and O–H groups in total. The number of anilines is 2. The molecular weight excluding hydrogens is 214 g/mol. The lowest BCUT2D eigenvalue weighted by Gasteiger charge is -2.06. The minimum absolute atomic E-state index is 0.736. The van der Waals surface area contributed by atoms with Gasteiger partial charge in [0.2, 0.25) is 0 Å². The highest BCUT2D eigenvalue weighted by atomic mass is 15.3. The predicted molar refractivity (Wildman–Crippen MR) is 69.1 cm³/mol. The lowest BCUT2D eigenvalue weighted by molar-refractivity contribution is 0.756. The van der Waals surface area contributed by atoms with Gasteiger partial charge in [-0.2, -0.15) is 5.10 Å². The zero-order valence-electron chi connectivity index (χ0n) is 10.4. The first-order valence-electron chi connectivity index (χ1n) is 5.57. The van der Waals surface area contributed by atoms with Gasteiger partial charge in [-0.25, -0.2) is 4.98 Å². The molecule has 0 amide bonds. The molecule has 2 heterocycles. The van der Waals surface area contributed by atoms with Crippen LogP contribution in [0.15, 0.2) is 24.4 Å². The van der Waals surface area contributed by atoms with E-state index in [0.717, 1.165) is 23.9 Å². The molecule has 0 aromatic carbocycles. The maximum absolute atomic E-state index is 4.39. The third kappa shape index (κ3) is 2.75. The van der Waals surface area contributed by atoms with E-state index in [1.807, 2.05) is 50.1 Å². The first-order chi connectivity index (χ1) is 8.19. The van der Waals surface area contributed by atoms with E-state index in [9.17, 15) is 0 Å². The molecule has 2 rings (SSSR count). The topological polar surface area (TPSA) is 54.8 Å². The molecule has 17 heavy (non-hydrogen) atoms. The Hall–Kier alpha value is -2.04. The average Bonchev–Trinajstić information content (AvgIpc) is 2.65. The van der Waals surface area contributed by atoms with Crippen LogP contribution in [0.25, 0.3) is 0 Å². The van der Waals surface area contributed by atoms with E-state index in [1.54, 1.807) is 0 Å². The Balaban J connectivity index is 2.04. The highest BCUT2D eigenvalue weighted by Crippen LogP contribution is 2.11. The summed E-state index contributed by atoms with van der Waals surface area (Å²) in [5.41, 5.74) is 2.23. The molecule has 0 fully saturated rings. The zero-order chi connectivity index (χ0) is 12.3. The largest absolute Gasteiger partial charge is 0.373 e. The second-order valence-electron chi connectivity index (χ2n) is 3.93. The van der Waals surface area contributed by atoms with Gasteiger partial charge in [0, 0.05) is 32.4 Å². The number of nitrogens with one attached hydrogen (secondary N) is 2. The highest BCUT2D eigenvalue weighted by molar-refractivity contribution is 5.45. The molecule has 2 aromatic rings. The summed E-state index contributed by atoms with van der Waals surface area (Å²) in [5, 5.41) is 10.6. The molecule has 5 nitrogen and oxygen atoms in total. The van der Waals surface area contributed by atoms with E-state index in [0.29, 0.717) is 0 Å². The van der Waals surface area contributed by atoms with Crippen LogP contribution in [0.3, 0.4) is 0 Å². The van der Waals surface area contributed by atoms with Gasteiger partial charge in [-0.05, 0) is 19.1 Å². The molecule has 5 heteroatoms. The second-order valence-corrected chi connectivity index (χ2v) is 3.93. The summed E-state index contributed by atoms with van der Waals surface area (Å²) in [7, 11) is 3.79. The normalized spacial score (nSPS) is 10.3. The van der Waals surface area contributed by atoms with Crippen molar-refractivity contribution in [3.63, 3.8) is 0 Å². The van der Waals surface area contributed by atoms with Crippen LogP contribution >= 0.6 is 0 Å². The molecule has 0 spiro atoms. The molecule has 0 aliphatic rings. The molecule has 0 saturated carbocycles. The summed E-state index contributed by atoms with van der Waals surface area (Å²) in [5.74, 6) is 1.72. The number of aromatic nitrogens is 3. The van der Waals surface area contributed by atoms with Crippen molar-refractivity contribution in [2.24, 2.45) is 7.05 Å². The third-order valence-electron chi connectivity index (χ3n) is 2.58. The van der Waals surface area contributed by atoms with Crippen LogP contribution in [0.4, 0.5) is 11.6 Å². The lowest BCUT2D eigenvalue weighted by atomic mass is 10.2. The van der Waals surface area contributed by atoms with E-state index in [2.05, 4.69) is 20.7 Å². The summed E-state index contributed by atoms with van der Waals surface area (Å²) in [6, 6.07) is 5.85. The maximum atomic E-state index is 4.39. The number of nitrogens with zero attached hydrogens (tertiary/aromatic N) is 3. The van der Waals surface area contributed by atoms with Crippen molar-refractivity contribution < 1.29 is 0 Å². The molecular formula is C12H17N5. The van der Waals surface area contributed by atoms with Gasteiger partial charge >= 0.3 is 0 Å². The van der Waals surface area contributed by atoms with Crippen LogP contribution in [0.2, 0.25) is 0 Å². The van der Waals surface area contributed by atoms with Crippen LogP contribution in [0, 0.1) is 6.92 Å². The maximum Gasteiger partial charge on any atom is 0.128 e. The van der Waals surface area contributed by atoms with Crippen molar-refractivity contribution >= 4 is 11.6 Å². The Bertz CT molecular complexity index is 503. The Morgan fingerprint density at radius 3 is 2.71 bits per heavy atom. The van der Waals surface area contributed by atoms with Crippen molar-refractivity contribution in [1.29, 1.82) is 0 Å². The van der Waals surface area contributed by atoms with Crippen molar-refractivity contribution in [1.82, 2.24) is 14.8 Å². The van der Waals surface area contributed by atoms with E-state index in [4.69, 9.17) is 0 Å². The standard InChI is InChI=1S/C12H17N5/c1-9-10(8-17(3)16-9)7-14-12-6-4-5-11(13-2)15-12/h4-6,8H,7H2,1-3H3,(H2,13,14,15). The SMILES string of the molecule is CNc1cccc(NCc2cn(C)nc2C)n1. The lowest BCUT2D eigenvalue weighted by Crippen LogP contribution is -2.03. The van der Waals surface area contributed by atoms with Crippen LogP contribution in [-0.2, 0) is 13.6 Å². The fourth-order valence-electron chi connectivity index (χ4n) is 1.68. The first-order valence-corrected chi connectivity index (χ1v) is 5.57. The van der Waals surface area contributed by atoms with Gasteiger partial charge in [0.1, 0.15) is 11.6 Å². The summed E-state index contributed by atoms with van der Waals surface area (Å²) < 4.78 is 1.82. The number of hydrogen-bond donors (Lipinski definition) is 2. The molecule has 0 aliphatic heterocycles. The van der Waals surface area contributed by atoms with Gasteiger partial charge in [0.05, 0.1) is 5.69 Å². The van der Waals surface area contributed by atoms with Gasteiger partial charge in [-0.3, -0.25) is 4.68 Å². The number of rotatable bonds is 4. The van der Waals surface area contributed by atoms with Crippen LogP contribution < -0.4 is 10.6 Å². The molecule has 2 aromatic heterocycles. The van der Waals surface area contributed by atoms with Crippen LogP contribution in [-0.4, -0.2) is 21.8 Å². The van der Waals surface area contributed by atoms with E-state index in [-0.39, 0.29) is 0 Å². The first kappa shape index (κ1) is 11.4. The van der Waals surface area contributed by atoms with Crippen LogP contribution in [0.5, 0.6) is 0 Å². The molecule has 0 saturated heterocycles. The van der Waals surface area contributed by atoms with E-state index < -0.39 is 0 Å². The molecule has 0 radical (unpaired) electrons. The molecule has 0 aliphatic carbocycles. The van der Waals surface area contributed by atoms with Gasteiger partial charge in [0.25, 0.3) is 0 Å². The van der Waals surface area contributed by atoms with Crippen molar-refractivity contribution in [2.75, 3.05) is 17.7 Å². The van der Waals surface area contributed by atoms with E-state index >= 15 is 0 Å². The van der Waals surface area contributed by atoms with Gasteiger partial charge < -0.3 is 10.6 Å². The average molecular weight is 231 g/mol. The van der Waals surface area contributed by atoms with Gasteiger partial charge in [0.15, 0.2) is 0 Å². The summed E-state index contributed by atoms with van der Waals surface area (Å²) in [6.07, 6.45) is 2.02. The number of pyridine rings is 1. The second kappa shape index (κ2) is 4.86. The minimum atomic E-state index is 0.736. The molecule has 90 valence electrons. The smallest absolute Gasteiger partial charge is 0.128 e. The molecule has 0 atom stereocenters. The summed E-state index contributed by atoms with van der Waals surface area (Å²) >= 11 is 0. The van der Waals surface area contributed by atoms with Crippen molar-refractivity contribution in [3.8, 4) is 0 Å². The fourth-order valence-corrected chi connectivity index (χ4v) is 1.68. The Labute approximate surface area is 101 Å². The Kier molecular flexibility index (Phi) is 3.27. The quantitative estimate of drug-likeness (QED) is 0.842. The Morgan fingerprint density at radius 2 is 2.06 bits per heavy atom. The number of aryl methyl sites for hydroxylation is 2. The molecule has 0 unspecified atom stereocenters. The van der Waals surface area contributed by atoms with Crippen molar-refractivity contribution in [2.45, 2.75) is 13.5 Å². The number of hydrogen-bond acceptors (Lipinski definition) is 4. The Morgan fingerprint density at radius 1 is 1.29 bits per heavy atom. The van der Waals surface area contributed by atoms with E-state index in [1.165, 1.54) is 5.56 Å². The summed E-state index contributed by atoms with van der Waals surface area (Å²) in [6.45, 7) is 2.74. The minimum Gasteiger partial charge on any atom is -0.373 e. The third-order valence-corrected chi connectivity index (χ3v) is 2.58.